The number of aromatic carboxylic acids is 1. The molecule has 3 rings (SSSR count). The van der Waals surface area contributed by atoms with Gasteiger partial charge in [0.2, 0.25) is 5.13 Å². The van der Waals surface area contributed by atoms with Crippen LogP contribution in [0, 0.1) is 11.3 Å². The third-order valence-electron chi connectivity index (χ3n) is 4.88. The van der Waals surface area contributed by atoms with Crippen molar-refractivity contribution in [2.75, 3.05) is 5.32 Å². The highest BCUT2D eigenvalue weighted by Crippen LogP contribution is 2.24. The number of anilines is 1. The molecule has 2 aromatic heterocycles. The van der Waals surface area contributed by atoms with Crippen LogP contribution in [-0.2, 0) is 11.2 Å². The number of aryl methyl sites for hydroxylation is 1. The van der Waals surface area contributed by atoms with Gasteiger partial charge in [0.15, 0.2) is 0 Å². The van der Waals surface area contributed by atoms with Gasteiger partial charge in [-0.1, -0.05) is 56.1 Å². The number of unbranched alkanes of at least 4 members (excludes halogenated alkanes) is 4. The smallest absolute Gasteiger partial charge is 0.335 e. The fourth-order valence-corrected chi connectivity index (χ4v) is 3.88. The third kappa shape index (κ3) is 6.85. The van der Waals surface area contributed by atoms with Crippen molar-refractivity contribution >= 4 is 34.4 Å². The molecule has 3 aromatic rings. The lowest BCUT2D eigenvalue weighted by atomic mass is 10.1. The number of nitriles is 1. The van der Waals surface area contributed by atoms with E-state index >= 15 is 0 Å². The summed E-state index contributed by atoms with van der Waals surface area (Å²) in [6.07, 6.45) is 7.98. The number of hydrogen-bond acceptors (Lipinski definition) is 7. The number of amides is 1. The predicted molar refractivity (Wildman–Crippen MR) is 126 cm³/mol. The number of carbonyl (C=O) groups excluding carboxylic acids is 1. The van der Waals surface area contributed by atoms with Crippen molar-refractivity contribution in [1.29, 1.82) is 5.26 Å². The Balaban J connectivity index is 1.61. The first-order valence-electron chi connectivity index (χ1n) is 10.7. The lowest BCUT2D eigenvalue weighted by Crippen LogP contribution is -2.13. The van der Waals surface area contributed by atoms with E-state index in [1.807, 2.05) is 6.07 Å². The Labute approximate surface area is 195 Å². The number of nitrogens with zero attached hydrogens (tertiary/aromatic N) is 3. The third-order valence-corrected chi connectivity index (χ3v) is 5.77. The van der Waals surface area contributed by atoms with Gasteiger partial charge in [0.25, 0.3) is 5.91 Å². The van der Waals surface area contributed by atoms with E-state index in [1.165, 1.54) is 48.8 Å². The van der Waals surface area contributed by atoms with Gasteiger partial charge in [-0.15, -0.1) is 10.2 Å². The molecule has 2 N–H and O–H groups in total. The van der Waals surface area contributed by atoms with Gasteiger partial charge >= 0.3 is 5.97 Å². The minimum Gasteiger partial charge on any atom is -0.478 e. The van der Waals surface area contributed by atoms with E-state index < -0.39 is 11.9 Å². The van der Waals surface area contributed by atoms with Gasteiger partial charge in [-0.05, 0) is 30.7 Å². The topological polar surface area (TPSA) is 129 Å². The van der Waals surface area contributed by atoms with Crippen LogP contribution in [0.15, 0.2) is 46.4 Å². The fraction of sp³-hybridized carbons (Fsp3) is 0.292. The highest BCUT2D eigenvalue weighted by Gasteiger charge is 2.14. The van der Waals surface area contributed by atoms with Crippen molar-refractivity contribution < 1.29 is 19.1 Å². The van der Waals surface area contributed by atoms with Crippen LogP contribution in [0.25, 0.3) is 17.4 Å². The van der Waals surface area contributed by atoms with E-state index in [4.69, 9.17) is 9.52 Å². The molecule has 0 saturated carbocycles. The van der Waals surface area contributed by atoms with Gasteiger partial charge in [-0.3, -0.25) is 10.1 Å². The van der Waals surface area contributed by atoms with E-state index in [1.54, 1.807) is 24.3 Å². The van der Waals surface area contributed by atoms with Gasteiger partial charge in [-0.25, -0.2) is 4.79 Å². The monoisotopic (exact) mass is 464 g/mol. The summed E-state index contributed by atoms with van der Waals surface area (Å²) in [7, 11) is 0. The minimum absolute atomic E-state index is 0.131. The zero-order valence-electron chi connectivity index (χ0n) is 18.2. The Hall–Kier alpha value is -3.77. The quantitative estimate of drug-likeness (QED) is 0.216. The van der Waals surface area contributed by atoms with Gasteiger partial charge in [0, 0.05) is 18.1 Å². The van der Waals surface area contributed by atoms with E-state index in [0.29, 0.717) is 22.2 Å². The Morgan fingerprint density at radius 2 is 1.88 bits per heavy atom. The first-order valence-corrected chi connectivity index (χ1v) is 11.5. The largest absolute Gasteiger partial charge is 0.478 e. The number of benzene rings is 1. The predicted octanol–water partition coefficient (Wildman–Crippen LogP) is 5.55. The van der Waals surface area contributed by atoms with E-state index in [-0.39, 0.29) is 11.1 Å². The van der Waals surface area contributed by atoms with Crippen molar-refractivity contribution in [3.8, 4) is 17.4 Å². The minimum atomic E-state index is -1.01. The second-order valence-electron chi connectivity index (χ2n) is 7.37. The Kier molecular flexibility index (Phi) is 8.49. The standard InChI is InChI=1S/C24H24N4O4S/c1-2-3-4-5-6-7-21-27-28-24(33-21)26-22(29)18(15-25)14-19-12-13-20(32-19)16-8-10-17(11-9-16)23(30)31/h8-14H,2-7H2,1H3,(H,30,31)(H,26,28,29)/b18-14-. The molecule has 0 radical (unpaired) electrons. The fourth-order valence-electron chi connectivity index (χ4n) is 3.10. The molecular formula is C24H24N4O4S. The summed E-state index contributed by atoms with van der Waals surface area (Å²) in [4.78, 5) is 23.5. The van der Waals surface area contributed by atoms with Crippen LogP contribution < -0.4 is 5.32 Å². The number of nitrogens with one attached hydrogen (secondary N) is 1. The van der Waals surface area contributed by atoms with Crippen LogP contribution in [0.5, 0.6) is 0 Å². The zero-order chi connectivity index (χ0) is 23.6. The molecule has 0 fully saturated rings. The summed E-state index contributed by atoms with van der Waals surface area (Å²) in [5.41, 5.74) is 0.720. The molecule has 33 heavy (non-hydrogen) atoms. The molecule has 0 aliphatic rings. The highest BCUT2D eigenvalue weighted by molar-refractivity contribution is 7.15. The highest BCUT2D eigenvalue weighted by atomic mass is 32.1. The second kappa shape index (κ2) is 11.7. The first kappa shape index (κ1) is 23.9. The summed E-state index contributed by atoms with van der Waals surface area (Å²) >= 11 is 1.31. The van der Waals surface area contributed by atoms with Crippen molar-refractivity contribution in [3.63, 3.8) is 0 Å². The van der Waals surface area contributed by atoms with Crippen molar-refractivity contribution in [2.45, 2.75) is 45.4 Å². The molecule has 0 spiro atoms. The van der Waals surface area contributed by atoms with Gasteiger partial charge < -0.3 is 9.52 Å². The van der Waals surface area contributed by atoms with Gasteiger partial charge in [-0.2, -0.15) is 5.26 Å². The van der Waals surface area contributed by atoms with Gasteiger partial charge in [0.1, 0.15) is 28.2 Å². The lowest BCUT2D eigenvalue weighted by molar-refractivity contribution is -0.112. The molecule has 170 valence electrons. The number of carboxylic acid groups (broad SMARTS) is 1. The average molecular weight is 465 g/mol. The number of carboxylic acids is 1. The normalized spacial score (nSPS) is 11.2. The van der Waals surface area contributed by atoms with Crippen molar-refractivity contribution in [3.05, 3.63) is 58.3 Å². The maximum atomic E-state index is 12.5. The zero-order valence-corrected chi connectivity index (χ0v) is 19.0. The van der Waals surface area contributed by atoms with E-state index in [2.05, 4.69) is 22.4 Å². The lowest BCUT2D eigenvalue weighted by Gasteiger charge is -1.99. The van der Waals surface area contributed by atoms with Crippen LogP contribution in [0.1, 0.15) is 60.2 Å². The SMILES string of the molecule is CCCCCCCc1nnc(NC(=O)/C(C#N)=C\c2ccc(-c3ccc(C(=O)O)cc3)o2)s1. The summed E-state index contributed by atoms with van der Waals surface area (Å²) < 4.78 is 5.70. The maximum absolute atomic E-state index is 12.5. The van der Waals surface area contributed by atoms with Crippen LogP contribution >= 0.6 is 11.3 Å². The average Bonchev–Trinajstić information content (AvgIpc) is 3.47. The molecule has 2 heterocycles. The van der Waals surface area contributed by atoms with Crippen LogP contribution in [0.3, 0.4) is 0 Å². The summed E-state index contributed by atoms with van der Waals surface area (Å²) in [5, 5.41) is 30.3. The molecule has 0 aliphatic carbocycles. The second-order valence-corrected chi connectivity index (χ2v) is 8.44. The van der Waals surface area contributed by atoms with E-state index in [0.717, 1.165) is 24.3 Å². The molecule has 0 unspecified atom stereocenters. The van der Waals surface area contributed by atoms with Crippen molar-refractivity contribution in [2.24, 2.45) is 0 Å². The summed E-state index contributed by atoms with van der Waals surface area (Å²) in [6, 6.07) is 11.4. The number of carbonyl (C=O) groups is 2. The molecule has 0 bridgehead atoms. The van der Waals surface area contributed by atoms with E-state index in [9.17, 15) is 14.9 Å². The van der Waals surface area contributed by atoms with Crippen LogP contribution in [0.4, 0.5) is 5.13 Å². The number of hydrogen-bond donors (Lipinski definition) is 2. The molecular weight excluding hydrogens is 440 g/mol. The Bertz CT molecular complexity index is 1170. The summed E-state index contributed by atoms with van der Waals surface area (Å²) in [6.45, 7) is 2.18. The Morgan fingerprint density at radius 3 is 2.58 bits per heavy atom. The molecule has 1 amide bonds. The molecule has 8 nitrogen and oxygen atoms in total. The number of aromatic nitrogens is 2. The molecule has 0 aliphatic heterocycles. The van der Waals surface area contributed by atoms with Gasteiger partial charge in [0.05, 0.1) is 5.56 Å². The Morgan fingerprint density at radius 1 is 1.12 bits per heavy atom. The molecule has 9 heteroatoms. The maximum Gasteiger partial charge on any atom is 0.335 e. The van der Waals surface area contributed by atoms with Crippen LogP contribution in [-0.4, -0.2) is 27.2 Å². The first-order chi connectivity index (χ1) is 16.0. The number of furan rings is 1. The summed E-state index contributed by atoms with van der Waals surface area (Å²) in [5.74, 6) is -0.789. The van der Waals surface area contributed by atoms with Crippen molar-refractivity contribution in [1.82, 2.24) is 10.2 Å². The molecule has 1 aromatic carbocycles. The molecule has 0 atom stereocenters. The molecule has 0 saturated heterocycles. The number of rotatable bonds is 11. The van der Waals surface area contributed by atoms with Crippen LogP contribution in [0.2, 0.25) is 0 Å².